The first-order chi connectivity index (χ1) is 16.9. The summed E-state index contributed by atoms with van der Waals surface area (Å²) in [6, 6.07) is 13.2. The third-order valence-corrected chi connectivity index (χ3v) is 7.46. The van der Waals surface area contributed by atoms with Crippen molar-refractivity contribution in [3.8, 4) is 5.75 Å². The van der Waals surface area contributed by atoms with Crippen molar-refractivity contribution in [2.24, 2.45) is 0 Å². The Morgan fingerprint density at radius 2 is 1.66 bits per heavy atom. The lowest BCUT2D eigenvalue weighted by atomic mass is 10.1. The first-order valence-electron chi connectivity index (χ1n) is 12.4. The molecule has 2 heterocycles. The number of carbonyl (C=O) groups excluding carboxylic acids is 2. The Hall–Kier alpha value is -2.12. The lowest BCUT2D eigenvalue weighted by Crippen LogP contribution is -2.49. The van der Waals surface area contributed by atoms with Crippen LogP contribution in [0.3, 0.4) is 0 Å². The molecule has 2 saturated heterocycles. The van der Waals surface area contributed by atoms with Gasteiger partial charge in [-0.05, 0) is 57.0 Å². The maximum absolute atomic E-state index is 12.9. The maximum atomic E-state index is 12.9. The minimum atomic E-state index is -0.0498. The van der Waals surface area contributed by atoms with Crippen molar-refractivity contribution < 1.29 is 14.3 Å². The van der Waals surface area contributed by atoms with Crippen LogP contribution in [-0.2, 0) is 0 Å². The molecule has 2 aliphatic rings. The number of amides is 1. The SMILES string of the molecule is CC1CCCN1CCCOc1c(Cl)cc(C(=O)CN2CCN(C(=O)c3ccccc3)CC2)cc1Cl. The van der Waals surface area contributed by atoms with Crippen molar-refractivity contribution in [3.63, 3.8) is 0 Å². The van der Waals surface area contributed by atoms with Crippen molar-refractivity contribution in [1.29, 1.82) is 0 Å². The second-order valence-electron chi connectivity index (χ2n) is 9.36. The van der Waals surface area contributed by atoms with E-state index in [4.69, 9.17) is 27.9 Å². The number of ether oxygens (including phenoxy) is 1. The van der Waals surface area contributed by atoms with Gasteiger partial charge in [0.2, 0.25) is 0 Å². The van der Waals surface area contributed by atoms with E-state index < -0.39 is 0 Å². The van der Waals surface area contributed by atoms with Crippen LogP contribution in [0.4, 0.5) is 0 Å². The molecule has 2 aliphatic heterocycles. The van der Waals surface area contributed by atoms with Gasteiger partial charge >= 0.3 is 0 Å². The van der Waals surface area contributed by atoms with Gasteiger partial charge in [-0.15, -0.1) is 0 Å². The zero-order valence-corrected chi connectivity index (χ0v) is 21.7. The molecule has 0 aliphatic carbocycles. The van der Waals surface area contributed by atoms with Gasteiger partial charge in [-0.25, -0.2) is 0 Å². The molecule has 1 amide bonds. The third-order valence-electron chi connectivity index (χ3n) is 6.89. The fraction of sp³-hybridized carbons (Fsp3) is 0.481. The first-order valence-corrected chi connectivity index (χ1v) is 13.1. The molecule has 0 N–H and O–H groups in total. The van der Waals surface area contributed by atoms with Gasteiger partial charge < -0.3 is 14.5 Å². The summed E-state index contributed by atoms with van der Waals surface area (Å²) in [6.45, 7) is 7.66. The van der Waals surface area contributed by atoms with Crippen LogP contribution in [0.2, 0.25) is 10.0 Å². The molecule has 0 spiro atoms. The Kier molecular flexibility index (Phi) is 9.06. The highest BCUT2D eigenvalue weighted by atomic mass is 35.5. The van der Waals surface area contributed by atoms with E-state index in [1.54, 1.807) is 12.1 Å². The van der Waals surface area contributed by atoms with Gasteiger partial charge in [-0.3, -0.25) is 14.5 Å². The minimum Gasteiger partial charge on any atom is -0.490 e. The molecule has 2 aromatic carbocycles. The van der Waals surface area contributed by atoms with E-state index in [0.717, 1.165) is 19.5 Å². The summed E-state index contributed by atoms with van der Waals surface area (Å²) in [7, 11) is 0. The molecule has 0 saturated carbocycles. The lowest BCUT2D eigenvalue weighted by Gasteiger charge is -2.34. The summed E-state index contributed by atoms with van der Waals surface area (Å²) in [5.74, 6) is 0.416. The van der Waals surface area contributed by atoms with Crippen molar-refractivity contribution in [1.82, 2.24) is 14.7 Å². The van der Waals surface area contributed by atoms with Gasteiger partial charge in [-0.2, -0.15) is 0 Å². The summed E-state index contributed by atoms with van der Waals surface area (Å²) < 4.78 is 5.87. The number of nitrogens with zero attached hydrogens (tertiary/aromatic N) is 3. The molecule has 0 aromatic heterocycles. The van der Waals surface area contributed by atoms with Crippen LogP contribution in [-0.4, -0.2) is 84.9 Å². The number of Topliss-reactive ketones (excluding diaryl/α,β-unsaturated/α-hetero) is 1. The predicted molar refractivity (Wildman–Crippen MR) is 140 cm³/mol. The molecule has 8 heteroatoms. The topological polar surface area (TPSA) is 53.1 Å². The van der Waals surface area contributed by atoms with Gasteiger partial charge in [0.1, 0.15) is 0 Å². The number of piperazine rings is 1. The van der Waals surface area contributed by atoms with Crippen LogP contribution >= 0.6 is 23.2 Å². The van der Waals surface area contributed by atoms with Crippen molar-refractivity contribution in [3.05, 3.63) is 63.6 Å². The monoisotopic (exact) mass is 517 g/mol. The summed E-state index contributed by atoms with van der Waals surface area (Å²) >= 11 is 12.9. The fourth-order valence-corrected chi connectivity index (χ4v) is 5.39. The van der Waals surface area contributed by atoms with E-state index in [0.29, 0.717) is 65.7 Å². The second kappa shape index (κ2) is 12.2. The van der Waals surface area contributed by atoms with Crippen molar-refractivity contribution in [2.45, 2.75) is 32.2 Å². The van der Waals surface area contributed by atoms with E-state index in [2.05, 4.69) is 16.7 Å². The molecule has 35 heavy (non-hydrogen) atoms. The first kappa shape index (κ1) is 26.0. The van der Waals surface area contributed by atoms with Gasteiger partial charge in [0.05, 0.1) is 23.2 Å². The molecule has 0 radical (unpaired) electrons. The summed E-state index contributed by atoms with van der Waals surface area (Å²) in [5, 5.41) is 0.710. The van der Waals surface area contributed by atoms with E-state index in [9.17, 15) is 9.59 Å². The molecule has 4 rings (SSSR count). The van der Waals surface area contributed by atoms with Crippen LogP contribution in [0.15, 0.2) is 42.5 Å². The summed E-state index contributed by atoms with van der Waals surface area (Å²) in [6.07, 6.45) is 3.42. The lowest BCUT2D eigenvalue weighted by molar-refractivity contribution is 0.0624. The highest BCUT2D eigenvalue weighted by molar-refractivity contribution is 6.37. The highest BCUT2D eigenvalue weighted by Crippen LogP contribution is 2.34. The normalized spacial score (nSPS) is 19.2. The van der Waals surface area contributed by atoms with Crippen LogP contribution < -0.4 is 4.74 Å². The Morgan fingerprint density at radius 3 is 2.29 bits per heavy atom. The van der Waals surface area contributed by atoms with Crippen LogP contribution in [0, 0.1) is 0 Å². The van der Waals surface area contributed by atoms with Crippen LogP contribution in [0.25, 0.3) is 0 Å². The maximum Gasteiger partial charge on any atom is 0.253 e. The van der Waals surface area contributed by atoms with E-state index in [1.807, 2.05) is 35.2 Å². The zero-order valence-electron chi connectivity index (χ0n) is 20.2. The number of likely N-dealkylation sites (tertiary alicyclic amines) is 1. The Bertz CT molecular complexity index is 1000. The molecular weight excluding hydrogens is 485 g/mol. The fourth-order valence-electron chi connectivity index (χ4n) is 4.79. The number of hydrogen-bond acceptors (Lipinski definition) is 5. The van der Waals surface area contributed by atoms with Crippen molar-refractivity contribution >= 4 is 34.9 Å². The molecule has 188 valence electrons. The molecule has 1 atom stereocenters. The van der Waals surface area contributed by atoms with Crippen LogP contribution in [0.5, 0.6) is 5.75 Å². The Balaban J connectivity index is 1.25. The number of ketones is 1. The van der Waals surface area contributed by atoms with Gasteiger partial charge in [0.15, 0.2) is 11.5 Å². The molecule has 1 unspecified atom stereocenters. The Morgan fingerprint density at radius 1 is 0.971 bits per heavy atom. The zero-order chi connectivity index (χ0) is 24.8. The van der Waals surface area contributed by atoms with Gasteiger partial charge in [0.25, 0.3) is 5.91 Å². The minimum absolute atomic E-state index is 0.0284. The van der Waals surface area contributed by atoms with E-state index in [1.165, 1.54) is 12.8 Å². The largest absolute Gasteiger partial charge is 0.490 e. The molecule has 6 nitrogen and oxygen atoms in total. The van der Waals surface area contributed by atoms with Crippen LogP contribution in [0.1, 0.15) is 46.9 Å². The molecule has 0 bridgehead atoms. The highest BCUT2D eigenvalue weighted by Gasteiger charge is 2.24. The number of halogens is 2. The van der Waals surface area contributed by atoms with Gasteiger partial charge in [-0.1, -0.05) is 41.4 Å². The van der Waals surface area contributed by atoms with Crippen molar-refractivity contribution in [2.75, 3.05) is 52.4 Å². The second-order valence-corrected chi connectivity index (χ2v) is 10.2. The Labute approximate surface area is 217 Å². The number of carbonyl (C=O) groups is 2. The van der Waals surface area contributed by atoms with Gasteiger partial charge in [0, 0.05) is 49.9 Å². The number of rotatable bonds is 9. The molecular formula is C27H33Cl2N3O3. The average Bonchev–Trinajstić information content (AvgIpc) is 3.28. The summed E-state index contributed by atoms with van der Waals surface area (Å²) in [4.78, 5) is 31.9. The third kappa shape index (κ3) is 6.76. The van der Waals surface area contributed by atoms with E-state index in [-0.39, 0.29) is 18.2 Å². The number of hydrogen-bond donors (Lipinski definition) is 0. The quantitative estimate of drug-likeness (QED) is 0.350. The molecule has 2 fully saturated rings. The number of benzene rings is 2. The molecule has 2 aromatic rings. The smallest absolute Gasteiger partial charge is 0.253 e. The predicted octanol–water partition coefficient (Wildman–Crippen LogP) is 4.89. The average molecular weight is 518 g/mol. The summed E-state index contributed by atoms with van der Waals surface area (Å²) in [5.41, 5.74) is 1.16. The standard InChI is InChI=1S/C27H33Cl2N3O3/c1-20-7-5-10-31(20)11-6-16-35-26-23(28)17-22(18-24(26)29)25(33)19-30-12-14-32(15-13-30)27(34)21-8-3-2-4-9-21/h2-4,8-9,17-18,20H,5-7,10-16,19H2,1H3. The van der Waals surface area contributed by atoms with E-state index >= 15 is 0 Å².